The van der Waals surface area contributed by atoms with Crippen LogP contribution in [0.25, 0.3) is 0 Å². The van der Waals surface area contributed by atoms with Crippen LogP contribution in [-0.4, -0.2) is 30.7 Å². The summed E-state index contributed by atoms with van der Waals surface area (Å²) in [4.78, 5) is 26.4. The molecule has 0 aliphatic rings. The van der Waals surface area contributed by atoms with Gasteiger partial charge in [0.05, 0.1) is 5.75 Å². The van der Waals surface area contributed by atoms with Crippen molar-refractivity contribution in [2.75, 3.05) is 34.4 Å². The number of hydrogen-bond donors (Lipinski definition) is 2. The molecule has 2 rings (SSSR count). The maximum absolute atomic E-state index is 12.1. The van der Waals surface area contributed by atoms with Gasteiger partial charge in [0.15, 0.2) is 0 Å². The third-order valence-electron chi connectivity index (χ3n) is 3.82. The minimum atomic E-state index is -0.100. The lowest BCUT2D eigenvalue weighted by Gasteiger charge is -2.21. The lowest BCUT2D eigenvalue weighted by Crippen LogP contribution is -2.21. The molecular weight excluding hydrogens is 346 g/mol. The molecule has 138 valence electrons. The Balaban J connectivity index is 1.84. The molecule has 0 saturated carbocycles. The molecule has 0 heterocycles. The molecule has 26 heavy (non-hydrogen) atoms. The molecular formula is C20H25N3O2S. The summed E-state index contributed by atoms with van der Waals surface area (Å²) in [5.41, 5.74) is 2.70. The topological polar surface area (TPSA) is 61.4 Å². The molecule has 0 aliphatic heterocycles. The van der Waals surface area contributed by atoms with Gasteiger partial charge in [0.25, 0.3) is 0 Å². The Morgan fingerprint density at radius 3 is 1.96 bits per heavy atom. The molecule has 2 amide bonds. The largest absolute Gasteiger partial charge is 0.372 e. The Hall–Kier alpha value is -2.47. The van der Waals surface area contributed by atoms with Crippen molar-refractivity contribution in [2.45, 2.75) is 25.7 Å². The lowest BCUT2D eigenvalue weighted by molar-refractivity contribution is -0.114. The van der Waals surface area contributed by atoms with Crippen LogP contribution >= 0.6 is 11.8 Å². The average Bonchev–Trinajstić information content (AvgIpc) is 2.63. The first-order chi connectivity index (χ1) is 12.5. The van der Waals surface area contributed by atoms with Crippen molar-refractivity contribution in [1.29, 1.82) is 0 Å². The van der Waals surface area contributed by atoms with Crippen molar-refractivity contribution in [1.82, 2.24) is 0 Å². The van der Waals surface area contributed by atoms with Crippen LogP contribution in [0.15, 0.2) is 53.4 Å². The summed E-state index contributed by atoms with van der Waals surface area (Å²) in [5.74, 6) is 0.186. The number of hydrogen-bond acceptors (Lipinski definition) is 4. The summed E-state index contributed by atoms with van der Waals surface area (Å²) in [7, 11) is 0. The first-order valence-corrected chi connectivity index (χ1v) is 9.65. The highest BCUT2D eigenvalue weighted by Crippen LogP contribution is 2.21. The summed E-state index contributed by atoms with van der Waals surface area (Å²) in [6, 6.07) is 15.3. The van der Waals surface area contributed by atoms with Gasteiger partial charge in [-0.1, -0.05) is 0 Å². The van der Waals surface area contributed by atoms with Crippen molar-refractivity contribution in [3.63, 3.8) is 0 Å². The van der Waals surface area contributed by atoms with Gasteiger partial charge in [-0.15, -0.1) is 11.8 Å². The van der Waals surface area contributed by atoms with E-state index in [0.717, 1.165) is 35.0 Å². The average molecular weight is 372 g/mol. The monoisotopic (exact) mass is 371 g/mol. The van der Waals surface area contributed by atoms with Gasteiger partial charge in [0.1, 0.15) is 0 Å². The molecule has 2 aromatic rings. The van der Waals surface area contributed by atoms with Crippen molar-refractivity contribution < 1.29 is 9.59 Å². The van der Waals surface area contributed by atoms with E-state index in [-0.39, 0.29) is 11.8 Å². The highest BCUT2D eigenvalue weighted by Gasteiger charge is 2.06. The Morgan fingerprint density at radius 1 is 0.885 bits per heavy atom. The first-order valence-electron chi connectivity index (χ1n) is 8.67. The summed E-state index contributed by atoms with van der Waals surface area (Å²) in [5, 5.41) is 5.64. The highest BCUT2D eigenvalue weighted by molar-refractivity contribution is 8.00. The second-order valence-corrected chi connectivity index (χ2v) is 6.81. The summed E-state index contributed by atoms with van der Waals surface area (Å²) in [6.45, 7) is 7.64. The van der Waals surface area contributed by atoms with Gasteiger partial charge in [-0.05, 0) is 62.4 Å². The van der Waals surface area contributed by atoms with E-state index in [9.17, 15) is 9.59 Å². The molecule has 0 bridgehead atoms. The quantitative estimate of drug-likeness (QED) is 0.682. The molecule has 5 nitrogen and oxygen atoms in total. The van der Waals surface area contributed by atoms with Crippen LogP contribution in [0, 0.1) is 0 Å². The number of benzene rings is 2. The fourth-order valence-electron chi connectivity index (χ4n) is 2.53. The Labute approximate surface area is 159 Å². The van der Waals surface area contributed by atoms with Gasteiger partial charge < -0.3 is 15.5 Å². The number of carbonyl (C=O) groups is 2. The number of thioether (sulfide) groups is 1. The van der Waals surface area contributed by atoms with E-state index in [1.807, 2.05) is 48.5 Å². The zero-order chi connectivity index (χ0) is 18.9. The fraction of sp³-hybridized carbons (Fsp3) is 0.300. The summed E-state index contributed by atoms with van der Waals surface area (Å²) in [6.07, 6.45) is 0. The summed E-state index contributed by atoms with van der Waals surface area (Å²) < 4.78 is 0. The predicted molar refractivity (Wildman–Crippen MR) is 110 cm³/mol. The van der Waals surface area contributed by atoms with Crippen LogP contribution in [0.5, 0.6) is 0 Å². The Kier molecular flexibility index (Phi) is 7.53. The van der Waals surface area contributed by atoms with Crippen molar-refractivity contribution in [3.05, 3.63) is 48.5 Å². The van der Waals surface area contributed by atoms with Crippen LogP contribution in [0.4, 0.5) is 17.1 Å². The maximum atomic E-state index is 12.1. The van der Waals surface area contributed by atoms with E-state index in [4.69, 9.17) is 0 Å². The zero-order valence-electron chi connectivity index (χ0n) is 15.4. The van der Waals surface area contributed by atoms with Crippen molar-refractivity contribution >= 4 is 40.6 Å². The third kappa shape index (κ3) is 6.11. The molecule has 0 aliphatic carbocycles. The predicted octanol–water partition coefficient (Wildman–Crippen LogP) is 4.22. The first kappa shape index (κ1) is 19.8. The maximum Gasteiger partial charge on any atom is 0.234 e. The minimum absolute atomic E-state index is 0.0449. The van der Waals surface area contributed by atoms with Gasteiger partial charge in [-0.2, -0.15) is 0 Å². The molecule has 0 saturated heterocycles. The second kappa shape index (κ2) is 9.87. The number of anilines is 3. The molecule has 0 unspecified atom stereocenters. The van der Waals surface area contributed by atoms with E-state index >= 15 is 0 Å². The Bertz CT molecular complexity index is 726. The van der Waals surface area contributed by atoms with Gasteiger partial charge in [0, 0.05) is 42.0 Å². The van der Waals surface area contributed by atoms with Crippen molar-refractivity contribution in [2.24, 2.45) is 0 Å². The molecule has 6 heteroatoms. The zero-order valence-corrected chi connectivity index (χ0v) is 16.2. The van der Waals surface area contributed by atoms with Crippen LogP contribution in [0.1, 0.15) is 20.8 Å². The van der Waals surface area contributed by atoms with Crippen LogP contribution < -0.4 is 15.5 Å². The van der Waals surface area contributed by atoms with E-state index in [1.54, 1.807) is 0 Å². The van der Waals surface area contributed by atoms with Crippen molar-refractivity contribution in [3.8, 4) is 0 Å². The van der Waals surface area contributed by atoms with Gasteiger partial charge >= 0.3 is 0 Å². The smallest absolute Gasteiger partial charge is 0.234 e. The molecule has 2 aromatic carbocycles. The van der Waals surface area contributed by atoms with Crippen LogP contribution in [-0.2, 0) is 9.59 Å². The van der Waals surface area contributed by atoms with E-state index in [1.165, 1.54) is 18.7 Å². The molecule has 0 fully saturated rings. The fourth-order valence-corrected chi connectivity index (χ4v) is 3.23. The molecule has 0 atom stereocenters. The van der Waals surface area contributed by atoms with Gasteiger partial charge in [-0.3, -0.25) is 9.59 Å². The van der Waals surface area contributed by atoms with E-state index in [0.29, 0.717) is 5.75 Å². The molecule has 0 radical (unpaired) electrons. The van der Waals surface area contributed by atoms with Crippen LogP contribution in [0.3, 0.4) is 0 Å². The van der Waals surface area contributed by atoms with E-state index in [2.05, 4.69) is 29.4 Å². The molecule has 0 spiro atoms. The Morgan fingerprint density at radius 2 is 1.42 bits per heavy atom. The number of rotatable bonds is 8. The standard InChI is InChI=1S/C20H25N3O2S/c1-4-23(5-2)18-10-6-17(7-11-18)22-20(25)14-26-19-12-8-16(9-13-19)21-15(3)24/h6-13H,4-5,14H2,1-3H3,(H,21,24)(H,22,25). The lowest BCUT2D eigenvalue weighted by atomic mass is 10.2. The third-order valence-corrected chi connectivity index (χ3v) is 4.84. The second-order valence-electron chi connectivity index (χ2n) is 5.76. The van der Waals surface area contributed by atoms with Gasteiger partial charge in [0.2, 0.25) is 11.8 Å². The normalized spacial score (nSPS) is 10.3. The number of nitrogens with one attached hydrogen (secondary N) is 2. The highest BCUT2D eigenvalue weighted by atomic mass is 32.2. The van der Waals surface area contributed by atoms with Gasteiger partial charge in [-0.25, -0.2) is 0 Å². The minimum Gasteiger partial charge on any atom is -0.372 e. The molecule has 0 aromatic heterocycles. The number of carbonyl (C=O) groups excluding carboxylic acids is 2. The molecule has 2 N–H and O–H groups in total. The van der Waals surface area contributed by atoms with E-state index < -0.39 is 0 Å². The number of nitrogens with zero attached hydrogens (tertiary/aromatic N) is 1. The summed E-state index contributed by atoms with van der Waals surface area (Å²) >= 11 is 1.46. The van der Waals surface area contributed by atoms with Crippen LogP contribution in [0.2, 0.25) is 0 Å². The number of amides is 2. The SMILES string of the molecule is CCN(CC)c1ccc(NC(=O)CSc2ccc(NC(C)=O)cc2)cc1.